The highest BCUT2D eigenvalue weighted by Crippen LogP contribution is 2.84. The third kappa shape index (κ3) is 6.14. The van der Waals surface area contributed by atoms with E-state index in [1.165, 1.54) is 0 Å². The van der Waals surface area contributed by atoms with Gasteiger partial charge in [0.25, 0.3) is 0 Å². The summed E-state index contributed by atoms with van der Waals surface area (Å²) in [6.07, 6.45) is -5.87. The van der Waals surface area contributed by atoms with Gasteiger partial charge in [-0.05, 0) is 61.2 Å². The molecule has 0 nitrogen and oxygen atoms in total. The van der Waals surface area contributed by atoms with E-state index in [1.54, 1.807) is 12.1 Å². The molecule has 0 saturated carbocycles. The van der Waals surface area contributed by atoms with Gasteiger partial charge in [-0.3, -0.25) is 0 Å². The Morgan fingerprint density at radius 3 is 0.952 bits per heavy atom. The van der Waals surface area contributed by atoms with Crippen molar-refractivity contribution in [1.82, 2.24) is 0 Å². The van der Waals surface area contributed by atoms with E-state index in [1.807, 2.05) is 11.1 Å². The summed E-state index contributed by atoms with van der Waals surface area (Å²) in [4.78, 5) is 0. The van der Waals surface area contributed by atoms with Crippen LogP contribution in [0.15, 0.2) is 11.1 Å². The Labute approximate surface area is 412 Å². The zero-order valence-corrected chi connectivity index (χ0v) is 65.4. The maximum atomic E-state index is 3.40. The maximum Gasteiger partial charge on any atom is 0.0411 e. The summed E-state index contributed by atoms with van der Waals surface area (Å²) in [6, 6.07) is 3.55. The van der Waals surface area contributed by atoms with E-state index in [4.69, 9.17) is 0 Å². The molecule has 3 radical (unpaired) electrons. The lowest BCUT2D eigenvalue weighted by Gasteiger charge is -2.79. The third-order valence-corrected chi connectivity index (χ3v) is 528. The Kier molecular flexibility index (Phi) is 13.8. The van der Waals surface area contributed by atoms with Gasteiger partial charge in [-0.2, -0.15) is 0 Å². The molecule has 63 heavy (non-hydrogen) atoms. The summed E-state index contributed by atoms with van der Waals surface area (Å²) >= 11 is 0. The first kappa shape index (κ1) is 58.6. The van der Waals surface area contributed by atoms with Crippen molar-refractivity contribution >= 4 is 107 Å². The van der Waals surface area contributed by atoms with Crippen LogP contribution in [0.5, 0.6) is 0 Å². The highest BCUT2D eigenvalue weighted by molar-refractivity contribution is 8.74. The fraction of sp³-hybridized carbons (Fsp3) is 0.958. The van der Waals surface area contributed by atoms with Gasteiger partial charge < -0.3 is 0 Å². The number of hydrogen-bond donors (Lipinski definition) is 0. The summed E-state index contributed by atoms with van der Waals surface area (Å²) in [5, 5.41) is 3.38. The molecule has 0 aromatic rings. The normalized spacial score (nSPS) is 32.1. The molecule has 0 aliphatic carbocycles. The third-order valence-electron chi connectivity index (χ3n) is 25.7. The van der Waals surface area contributed by atoms with Crippen molar-refractivity contribution in [3.63, 3.8) is 0 Å². The Morgan fingerprint density at radius 2 is 0.651 bits per heavy atom. The number of allylic oxidation sites excluding steroid dienone is 2. The van der Waals surface area contributed by atoms with Gasteiger partial charge in [0, 0.05) is 107 Å². The molecule has 0 aromatic carbocycles. The monoisotopic (exact) mass is 1110 g/mol. The van der Waals surface area contributed by atoms with Crippen LogP contribution >= 0.6 is 0 Å². The van der Waals surface area contributed by atoms with E-state index in [0.29, 0.717) is 35.3 Å². The first-order chi connectivity index (χ1) is 26.9. The van der Waals surface area contributed by atoms with Crippen molar-refractivity contribution in [2.24, 2.45) is 0 Å². The fourth-order valence-corrected chi connectivity index (χ4v) is 1370. The van der Waals surface area contributed by atoms with Crippen LogP contribution in [-0.4, -0.2) is 107 Å². The van der Waals surface area contributed by atoms with Gasteiger partial charge in [0.2, 0.25) is 0 Å². The second kappa shape index (κ2) is 14.8. The van der Waals surface area contributed by atoms with E-state index in [9.17, 15) is 0 Å². The molecule has 4 heterocycles. The number of fused-ring (bicyclic) bond motifs is 8. The van der Waals surface area contributed by atoms with E-state index >= 15 is 0 Å². The van der Waals surface area contributed by atoms with Gasteiger partial charge in [0.05, 0.1) is 0 Å². The van der Waals surface area contributed by atoms with E-state index in [0.717, 1.165) is 0 Å². The quantitative estimate of drug-likeness (QED) is 0.176. The van der Waals surface area contributed by atoms with Crippen LogP contribution in [-0.2, 0) is 0 Å². The molecule has 4 aliphatic rings. The molecular formula is C48H115Si15. The zero-order valence-electron chi connectivity index (χ0n) is 50.4. The van der Waals surface area contributed by atoms with Gasteiger partial charge in [-0.15, -0.1) is 0 Å². The van der Waals surface area contributed by atoms with Crippen LogP contribution in [0.3, 0.4) is 0 Å². The maximum absolute atomic E-state index is 3.40. The van der Waals surface area contributed by atoms with Crippen LogP contribution in [0.1, 0.15) is 159 Å². The summed E-state index contributed by atoms with van der Waals surface area (Å²) in [6.45, 7) is 110. The molecule has 367 valence electrons. The van der Waals surface area contributed by atoms with Crippen molar-refractivity contribution in [3.8, 4) is 0 Å². The molecule has 4 rings (SSSR count). The lowest BCUT2D eigenvalue weighted by molar-refractivity contribution is 0.729. The molecule has 3 fully saturated rings. The van der Waals surface area contributed by atoms with Gasteiger partial charge in [-0.1, -0.05) is 248 Å². The molecule has 0 aromatic heterocycles. The van der Waals surface area contributed by atoms with E-state index < -0.39 is 107 Å². The molecule has 2 bridgehead atoms. The second-order valence-corrected chi connectivity index (χ2v) is 210. The first-order valence-electron chi connectivity index (χ1n) is 26.2. The van der Waals surface area contributed by atoms with E-state index in [-0.39, 0.29) is 0 Å². The lowest BCUT2D eigenvalue weighted by atomic mass is 10.2. The van der Waals surface area contributed by atoms with Crippen LogP contribution in [0.4, 0.5) is 0 Å². The largest absolute Gasteiger partial charge is 0.0781 e. The minimum atomic E-state index is -2.11. The highest BCUT2D eigenvalue weighted by Gasteiger charge is 3.13. The number of rotatable bonds is 7. The average Bonchev–Trinajstić information content (AvgIpc) is 3.50. The predicted molar refractivity (Wildman–Crippen MR) is 334 cm³/mol. The van der Waals surface area contributed by atoms with Crippen LogP contribution in [0.25, 0.3) is 0 Å². The molecule has 3 saturated heterocycles. The second-order valence-electron chi connectivity index (χ2n) is 34.2. The molecular weight excluding hydrogens is 998 g/mol. The molecule has 0 spiro atoms. The molecule has 5 unspecified atom stereocenters. The Balaban J connectivity index is 2.95. The van der Waals surface area contributed by atoms with Gasteiger partial charge in [0.1, 0.15) is 0 Å². The van der Waals surface area contributed by atoms with Crippen molar-refractivity contribution in [2.45, 2.75) is 298 Å². The summed E-state index contributed by atoms with van der Waals surface area (Å²) < 4.78 is 0. The lowest BCUT2D eigenvalue weighted by Crippen LogP contribution is -3.08. The van der Waals surface area contributed by atoms with Crippen molar-refractivity contribution in [2.75, 3.05) is 0 Å². The van der Waals surface area contributed by atoms with Crippen LogP contribution in [0, 0.1) is 0 Å². The fourth-order valence-electron chi connectivity index (χ4n) is 16.4. The SMILES string of the molecule is CC1=C(C)C[Si]2([Si](C)(C)C(C)(C)C)[Si]([Si](C)(C)C(C)(C)C)(C1)[Si]1[Si]([Si](C)(C)C(C)(C)C)[Si]2([Si](C)(C)C(C)(C)C)[Si]2([Si](C)(C)C(C)(C)C)[Si]([Si](C)(C)C(C)(C)C)[Si]12[Si](C)(C)C(C)(C)C. The molecule has 5 atom stereocenters. The first-order valence-corrected chi connectivity index (χ1v) is 79.1. The van der Waals surface area contributed by atoms with Crippen molar-refractivity contribution in [3.05, 3.63) is 11.1 Å². The molecule has 0 amide bonds. The van der Waals surface area contributed by atoms with E-state index in [2.05, 4.69) is 251 Å². The summed E-state index contributed by atoms with van der Waals surface area (Å²) in [5.41, 5.74) is 4.08. The van der Waals surface area contributed by atoms with Gasteiger partial charge in [-0.25, -0.2) is 0 Å². The minimum absolute atomic E-state index is 0.462. The smallest absolute Gasteiger partial charge is 0.0411 e. The Morgan fingerprint density at radius 1 is 0.349 bits per heavy atom. The van der Waals surface area contributed by atoms with Gasteiger partial charge >= 0.3 is 0 Å². The summed E-state index contributed by atoms with van der Waals surface area (Å²) in [7, 11) is -14.9. The highest BCUT2D eigenvalue weighted by atomic mass is 31.0. The predicted octanol–water partition coefficient (Wildman–Crippen LogP) is 17.0. The van der Waals surface area contributed by atoms with Crippen molar-refractivity contribution in [1.29, 1.82) is 0 Å². The standard InChI is InChI=1S/C48H115Si15/c1-40-38-59(54(28,29)44(9,10)11)50-49(52(24,25)42(3,4)5)62(57(34,35)47(18,19)20,60(59,39-41(40)2)55(30,31)45(12,13)14)63(58(36,37)48(21,22)23)51(53(26,27)43(6,7)8)61(50,63)56(32,33)46(15,16)17/h38-39H2,1-37H3. The molecule has 15 heteroatoms. The van der Waals surface area contributed by atoms with Crippen LogP contribution in [0.2, 0.25) is 139 Å². The molecule has 0 N–H and O–H groups in total. The van der Waals surface area contributed by atoms with Gasteiger partial charge in [0.15, 0.2) is 0 Å². The Hall–Kier alpha value is 2.99. The minimum Gasteiger partial charge on any atom is -0.0781 e. The summed E-state index contributed by atoms with van der Waals surface area (Å²) in [5.74, 6) is 0. The molecule has 4 aliphatic heterocycles. The topological polar surface area (TPSA) is 0 Å². The van der Waals surface area contributed by atoms with Crippen molar-refractivity contribution < 1.29 is 0 Å². The zero-order chi connectivity index (χ0) is 50.8. The Bertz CT molecular complexity index is 1880. The van der Waals surface area contributed by atoms with Crippen LogP contribution < -0.4 is 0 Å². The average molecular weight is 1110 g/mol. The number of hydrogen-bond acceptors (Lipinski definition) is 0.